The smallest absolute Gasteiger partial charge is 0.191 e. The molecule has 0 bridgehead atoms. The molecule has 5 nitrogen and oxygen atoms in total. The van der Waals surface area contributed by atoms with Gasteiger partial charge in [0.05, 0.1) is 7.11 Å². The zero-order valence-electron chi connectivity index (χ0n) is 18.8. The number of rotatable bonds is 9. The van der Waals surface area contributed by atoms with Gasteiger partial charge in [-0.1, -0.05) is 42.5 Å². The van der Waals surface area contributed by atoms with Crippen molar-refractivity contribution in [2.75, 3.05) is 33.3 Å². The number of guanidine groups is 1. The molecule has 1 aliphatic heterocycles. The summed E-state index contributed by atoms with van der Waals surface area (Å²) < 4.78 is 5.22. The fourth-order valence-electron chi connectivity index (χ4n) is 3.86. The first kappa shape index (κ1) is 25.5. The second kappa shape index (κ2) is 14.3. The number of piperidine rings is 1. The Hall–Kier alpha value is -1.80. The van der Waals surface area contributed by atoms with Gasteiger partial charge in [-0.05, 0) is 55.9 Å². The zero-order valence-corrected chi connectivity index (χ0v) is 21.2. The van der Waals surface area contributed by atoms with Gasteiger partial charge in [0.25, 0.3) is 0 Å². The maximum absolute atomic E-state index is 5.22. The Bertz CT molecular complexity index is 759. The van der Waals surface area contributed by atoms with Crippen LogP contribution in [0.2, 0.25) is 0 Å². The molecule has 0 aliphatic carbocycles. The van der Waals surface area contributed by atoms with Crippen LogP contribution in [0.5, 0.6) is 5.75 Å². The fourth-order valence-corrected chi connectivity index (χ4v) is 3.86. The minimum Gasteiger partial charge on any atom is -0.497 e. The van der Waals surface area contributed by atoms with Crippen molar-refractivity contribution in [3.8, 4) is 5.75 Å². The molecule has 6 heteroatoms. The lowest BCUT2D eigenvalue weighted by atomic mass is 10.0. The van der Waals surface area contributed by atoms with E-state index in [1.54, 1.807) is 7.11 Å². The van der Waals surface area contributed by atoms with Gasteiger partial charge < -0.3 is 15.4 Å². The largest absolute Gasteiger partial charge is 0.497 e. The summed E-state index contributed by atoms with van der Waals surface area (Å²) in [5.41, 5.74) is 2.73. The number of hydrogen-bond donors (Lipinski definition) is 2. The monoisotopic (exact) mass is 536 g/mol. The average Bonchev–Trinajstić information content (AvgIpc) is 2.79. The SMILES string of the molecule is CCNC(=NCCCc1ccc(OC)cc1)NC1CCN(Cc2ccccc2)CC1.I. The zero-order chi connectivity index (χ0) is 21.0. The number of nitrogens with one attached hydrogen (secondary N) is 2. The van der Waals surface area contributed by atoms with Gasteiger partial charge >= 0.3 is 0 Å². The highest BCUT2D eigenvalue weighted by Gasteiger charge is 2.19. The first-order chi connectivity index (χ1) is 14.8. The summed E-state index contributed by atoms with van der Waals surface area (Å²) in [6, 6.07) is 19.6. The second-order valence-corrected chi connectivity index (χ2v) is 7.89. The molecule has 0 atom stereocenters. The molecule has 0 saturated carbocycles. The van der Waals surface area contributed by atoms with Crippen LogP contribution in [0.4, 0.5) is 0 Å². The molecule has 31 heavy (non-hydrogen) atoms. The van der Waals surface area contributed by atoms with Crippen LogP contribution in [0.1, 0.15) is 37.3 Å². The minimum absolute atomic E-state index is 0. The van der Waals surface area contributed by atoms with Crippen molar-refractivity contribution in [2.45, 2.75) is 45.2 Å². The first-order valence-corrected chi connectivity index (χ1v) is 11.2. The Morgan fingerprint density at radius 3 is 2.39 bits per heavy atom. The molecule has 1 saturated heterocycles. The van der Waals surface area contributed by atoms with Crippen molar-refractivity contribution in [1.82, 2.24) is 15.5 Å². The molecule has 1 aliphatic rings. The highest BCUT2D eigenvalue weighted by Crippen LogP contribution is 2.14. The Labute approximate surface area is 204 Å². The Morgan fingerprint density at radius 1 is 1.03 bits per heavy atom. The standard InChI is InChI=1S/C25H36N4O.HI/c1-3-26-25(27-17-7-10-21-11-13-24(30-2)14-12-21)28-23-15-18-29(19-16-23)20-22-8-5-4-6-9-22;/h4-6,8-9,11-14,23H,3,7,10,15-20H2,1-2H3,(H2,26,27,28);1H. The predicted octanol–water partition coefficient (Wildman–Crippen LogP) is 4.47. The Balaban J connectivity index is 0.00000341. The molecule has 3 rings (SSSR count). The molecule has 2 N–H and O–H groups in total. The lowest BCUT2D eigenvalue weighted by molar-refractivity contribution is 0.198. The van der Waals surface area contributed by atoms with E-state index in [0.29, 0.717) is 6.04 Å². The van der Waals surface area contributed by atoms with Crippen LogP contribution in [0.3, 0.4) is 0 Å². The number of methoxy groups -OCH3 is 1. The van der Waals surface area contributed by atoms with Crippen molar-refractivity contribution >= 4 is 29.9 Å². The number of halogens is 1. The van der Waals surface area contributed by atoms with Gasteiger partial charge in [-0.15, -0.1) is 24.0 Å². The van der Waals surface area contributed by atoms with Crippen LogP contribution >= 0.6 is 24.0 Å². The average molecular weight is 537 g/mol. The Morgan fingerprint density at radius 2 is 1.74 bits per heavy atom. The Kier molecular flexibility index (Phi) is 11.7. The van der Waals surface area contributed by atoms with E-state index in [-0.39, 0.29) is 24.0 Å². The third-order valence-electron chi connectivity index (χ3n) is 5.57. The van der Waals surface area contributed by atoms with Gasteiger partial charge in [-0.3, -0.25) is 9.89 Å². The molecular weight excluding hydrogens is 499 g/mol. The summed E-state index contributed by atoms with van der Waals surface area (Å²) in [6.45, 7) is 7.14. The molecule has 0 aromatic heterocycles. The molecule has 0 amide bonds. The third kappa shape index (κ3) is 9.07. The fraction of sp³-hybridized carbons (Fsp3) is 0.480. The molecule has 1 fully saturated rings. The van der Waals surface area contributed by atoms with Crippen LogP contribution in [-0.4, -0.2) is 50.2 Å². The first-order valence-electron chi connectivity index (χ1n) is 11.2. The second-order valence-electron chi connectivity index (χ2n) is 7.89. The number of ether oxygens (including phenoxy) is 1. The van der Waals surface area contributed by atoms with Gasteiger partial charge in [0.15, 0.2) is 5.96 Å². The van der Waals surface area contributed by atoms with Crippen LogP contribution in [0.25, 0.3) is 0 Å². The van der Waals surface area contributed by atoms with Gasteiger partial charge in [0.1, 0.15) is 5.75 Å². The van der Waals surface area contributed by atoms with Gasteiger partial charge in [0.2, 0.25) is 0 Å². The number of likely N-dealkylation sites (tertiary alicyclic amines) is 1. The van der Waals surface area contributed by atoms with Crippen molar-refractivity contribution in [2.24, 2.45) is 4.99 Å². The van der Waals surface area contributed by atoms with E-state index in [0.717, 1.165) is 70.1 Å². The lowest BCUT2D eigenvalue weighted by Gasteiger charge is -2.33. The van der Waals surface area contributed by atoms with Gasteiger partial charge in [0, 0.05) is 38.8 Å². The van der Waals surface area contributed by atoms with Crippen LogP contribution < -0.4 is 15.4 Å². The number of benzene rings is 2. The molecule has 170 valence electrons. The maximum Gasteiger partial charge on any atom is 0.191 e. The van der Waals surface area contributed by atoms with Crippen molar-refractivity contribution in [3.63, 3.8) is 0 Å². The summed E-state index contributed by atoms with van der Waals surface area (Å²) in [4.78, 5) is 7.35. The molecule has 2 aromatic rings. The summed E-state index contributed by atoms with van der Waals surface area (Å²) >= 11 is 0. The van der Waals surface area contributed by atoms with E-state index >= 15 is 0 Å². The maximum atomic E-state index is 5.22. The number of nitrogens with zero attached hydrogens (tertiary/aromatic N) is 2. The van der Waals surface area contributed by atoms with Crippen molar-refractivity contribution < 1.29 is 4.74 Å². The molecule has 0 spiro atoms. The summed E-state index contributed by atoms with van der Waals surface area (Å²) in [5, 5.41) is 7.05. The van der Waals surface area contributed by atoms with Crippen LogP contribution in [0.15, 0.2) is 59.6 Å². The summed E-state index contributed by atoms with van der Waals surface area (Å²) in [7, 11) is 1.70. The van der Waals surface area contributed by atoms with E-state index in [2.05, 4.69) is 64.9 Å². The van der Waals surface area contributed by atoms with E-state index in [1.165, 1.54) is 11.1 Å². The van der Waals surface area contributed by atoms with E-state index in [4.69, 9.17) is 9.73 Å². The van der Waals surface area contributed by atoms with Crippen LogP contribution in [0, 0.1) is 0 Å². The van der Waals surface area contributed by atoms with Crippen molar-refractivity contribution in [1.29, 1.82) is 0 Å². The highest BCUT2D eigenvalue weighted by molar-refractivity contribution is 14.0. The normalized spacial score (nSPS) is 15.2. The lowest BCUT2D eigenvalue weighted by Crippen LogP contribution is -2.48. The molecule has 1 heterocycles. The number of aliphatic imine (C=N–C) groups is 1. The van der Waals surface area contributed by atoms with E-state index in [1.807, 2.05) is 12.1 Å². The molecule has 0 unspecified atom stereocenters. The minimum atomic E-state index is 0. The molecular formula is C25H37IN4O. The topological polar surface area (TPSA) is 48.9 Å². The van der Waals surface area contributed by atoms with E-state index in [9.17, 15) is 0 Å². The quantitative estimate of drug-likeness (QED) is 0.215. The van der Waals surface area contributed by atoms with Gasteiger partial charge in [-0.25, -0.2) is 0 Å². The van der Waals surface area contributed by atoms with E-state index < -0.39 is 0 Å². The number of hydrogen-bond acceptors (Lipinski definition) is 3. The molecule has 2 aromatic carbocycles. The van der Waals surface area contributed by atoms with Gasteiger partial charge in [-0.2, -0.15) is 0 Å². The molecule has 0 radical (unpaired) electrons. The van der Waals surface area contributed by atoms with Crippen molar-refractivity contribution in [3.05, 3.63) is 65.7 Å². The number of aryl methyl sites for hydroxylation is 1. The summed E-state index contributed by atoms with van der Waals surface area (Å²) in [5.74, 6) is 1.86. The summed E-state index contributed by atoms with van der Waals surface area (Å²) in [6.07, 6.45) is 4.38. The predicted molar refractivity (Wildman–Crippen MR) is 141 cm³/mol. The highest BCUT2D eigenvalue weighted by atomic mass is 127. The third-order valence-corrected chi connectivity index (χ3v) is 5.57. The van der Waals surface area contributed by atoms with Crippen LogP contribution in [-0.2, 0) is 13.0 Å².